The molecule has 1 aliphatic rings. The van der Waals surface area contributed by atoms with Gasteiger partial charge in [-0.2, -0.15) is 0 Å². The maximum absolute atomic E-state index is 12.7. The van der Waals surface area contributed by atoms with Gasteiger partial charge >= 0.3 is 0 Å². The molecule has 3 nitrogen and oxygen atoms in total. The predicted octanol–water partition coefficient (Wildman–Crippen LogP) is 5.63. The molecule has 3 aromatic rings. The fourth-order valence-electron chi connectivity index (χ4n) is 3.71. The molecule has 0 heterocycles. The number of carbonyl (C=O) groups excluding carboxylic acids is 1. The van der Waals surface area contributed by atoms with Crippen LogP contribution in [0, 0.1) is 0 Å². The van der Waals surface area contributed by atoms with Crippen molar-refractivity contribution in [3.63, 3.8) is 0 Å². The number of benzene rings is 3. The summed E-state index contributed by atoms with van der Waals surface area (Å²) in [6.45, 7) is 0. The molecule has 4 rings (SSSR count). The SMILES string of the molecule is CN(C)c1ccccc1C(=O)Nc1ccc(-c2cccc3c2C=CCC3)cc1. The Labute approximate surface area is 166 Å². The molecule has 1 amide bonds. The van der Waals surface area contributed by atoms with Crippen LogP contribution in [0.4, 0.5) is 11.4 Å². The molecular weight excluding hydrogens is 344 g/mol. The summed E-state index contributed by atoms with van der Waals surface area (Å²) in [6.07, 6.45) is 6.67. The summed E-state index contributed by atoms with van der Waals surface area (Å²) in [7, 11) is 3.88. The first kappa shape index (κ1) is 18.1. The number of allylic oxidation sites excluding steroid dienone is 1. The molecule has 0 bridgehead atoms. The maximum Gasteiger partial charge on any atom is 0.257 e. The summed E-state index contributed by atoms with van der Waals surface area (Å²) >= 11 is 0. The maximum atomic E-state index is 12.7. The number of anilines is 2. The molecule has 0 saturated carbocycles. The largest absolute Gasteiger partial charge is 0.377 e. The van der Waals surface area contributed by atoms with E-state index in [2.05, 4.69) is 47.8 Å². The molecule has 0 saturated heterocycles. The van der Waals surface area contributed by atoms with E-state index < -0.39 is 0 Å². The van der Waals surface area contributed by atoms with Crippen LogP contribution < -0.4 is 10.2 Å². The molecule has 1 N–H and O–H groups in total. The van der Waals surface area contributed by atoms with Gasteiger partial charge in [-0.15, -0.1) is 0 Å². The van der Waals surface area contributed by atoms with Gasteiger partial charge in [0.15, 0.2) is 0 Å². The Kier molecular flexibility index (Phi) is 4.98. The van der Waals surface area contributed by atoms with Crippen molar-refractivity contribution in [2.75, 3.05) is 24.3 Å². The lowest BCUT2D eigenvalue weighted by atomic mass is 9.90. The van der Waals surface area contributed by atoms with Gasteiger partial charge in [0.2, 0.25) is 0 Å². The third kappa shape index (κ3) is 3.56. The van der Waals surface area contributed by atoms with Crippen molar-refractivity contribution in [1.29, 1.82) is 0 Å². The summed E-state index contributed by atoms with van der Waals surface area (Å²) in [4.78, 5) is 14.7. The van der Waals surface area contributed by atoms with Crippen molar-refractivity contribution >= 4 is 23.4 Å². The zero-order valence-corrected chi connectivity index (χ0v) is 16.3. The average Bonchev–Trinajstić information content (AvgIpc) is 2.74. The molecule has 0 aliphatic heterocycles. The fraction of sp³-hybridized carbons (Fsp3) is 0.160. The lowest BCUT2D eigenvalue weighted by Gasteiger charge is -2.17. The van der Waals surface area contributed by atoms with E-state index in [1.807, 2.05) is 55.4 Å². The van der Waals surface area contributed by atoms with E-state index >= 15 is 0 Å². The van der Waals surface area contributed by atoms with Crippen LogP contribution in [0.3, 0.4) is 0 Å². The van der Waals surface area contributed by atoms with Crippen LogP contribution in [0.1, 0.15) is 27.9 Å². The normalized spacial score (nSPS) is 12.4. The highest BCUT2D eigenvalue weighted by molar-refractivity contribution is 6.08. The summed E-state index contributed by atoms with van der Waals surface area (Å²) in [5.74, 6) is -0.0999. The molecule has 3 heteroatoms. The monoisotopic (exact) mass is 368 g/mol. The second-order valence-electron chi connectivity index (χ2n) is 7.26. The highest BCUT2D eigenvalue weighted by Crippen LogP contribution is 2.31. The zero-order chi connectivity index (χ0) is 19.5. The first-order chi connectivity index (χ1) is 13.6. The average molecular weight is 368 g/mol. The molecule has 0 fully saturated rings. The van der Waals surface area contributed by atoms with Crippen LogP contribution in [0.2, 0.25) is 0 Å². The van der Waals surface area contributed by atoms with Crippen LogP contribution in [0.25, 0.3) is 17.2 Å². The highest BCUT2D eigenvalue weighted by atomic mass is 16.1. The lowest BCUT2D eigenvalue weighted by molar-refractivity contribution is 0.102. The number of amides is 1. The van der Waals surface area contributed by atoms with E-state index in [-0.39, 0.29) is 5.91 Å². The smallest absolute Gasteiger partial charge is 0.257 e. The molecule has 140 valence electrons. The number of hydrogen-bond donors (Lipinski definition) is 1. The van der Waals surface area contributed by atoms with Crippen LogP contribution in [-0.4, -0.2) is 20.0 Å². The molecule has 0 atom stereocenters. The Balaban J connectivity index is 1.57. The molecule has 3 aromatic carbocycles. The first-order valence-electron chi connectivity index (χ1n) is 9.60. The van der Waals surface area contributed by atoms with Crippen LogP contribution in [-0.2, 0) is 6.42 Å². The van der Waals surface area contributed by atoms with Crippen molar-refractivity contribution in [2.45, 2.75) is 12.8 Å². The molecule has 28 heavy (non-hydrogen) atoms. The molecular formula is C25H24N2O. The minimum atomic E-state index is -0.0999. The van der Waals surface area contributed by atoms with E-state index in [4.69, 9.17) is 0 Å². The standard InChI is InChI=1S/C25H24N2O/c1-27(2)24-13-6-5-11-23(24)25(28)26-20-16-14-19(15-17-20)22-12-7-9-18-8-3-4-10-21(18)22/h4-7,9-17H,3,8H2,1-2H3,(H,26,28). The molecule has 0 radical (unpaired) electrons. The zero-order valence-electron chi connectivity index (χ0n) is 16.3. The van der Waals surface area contributed by atoms with Gasteiger partial charge < -0.3 is 10.2 Å². The third-order valence-electron chi connectivity index (χ3n) is 5.15. The van der Waals surface area contributed by atoms with Gasteiger partial charge in [0, 0.05) is 25.5 Å². The Morgan fingerprint density at radius 1 is 0.929 bits per heavy atom. The number of nitrogens with zero attached hydrogens (tertiary/aromatic N) is 1. The summed E-state index contributed by atoms with van der Waals surface area (Å²) in [6, 6.07) is 22.2. The summed E-state index contributed by atoms with van der Waals surface area (Å²) in [5, 5.41) is 3.01. The minimum Gasteiger partial charge on any atom is -0.377 e. The van der Waals surface area contributed by atoms with Crippen molar-refractivity contribution in [2.24, 2.45) is 0 Å². The number of aryl methyl sites for hydroxylation is 1. The summed E-state index contributed by atoms with van der Waals surface area (Å²) < 4.78 is 0. The van der Waals surface area contributed by atoms with Gasteiger partial charge in [-0.25, -0.2) is 0 Å². The number of carbonyl (C=O) groups is 1. The lowest BCUT2D eigenvalue weighted by Crippen LogP contribution is -2.18. The van der Waals surface area contributed by atoms with Gasteiger partial charge in [0.25, 0.3) is 5.91 Å². The highest BCUT2D eigenvalue weighted by Gasteiger charge is 2.13. The quantitative estimate of drug-likeness (QED) is 0.647. The Hall–Kier alpha value is -3.33. The van der Waals surface area contributed by atoms with Crippen molar-refractivity contribution in [3.05, 3.63) is 89.5 Å². The number of para-hydroxylation sites is 1. The first-order valence-corrected chi connectivity index (χ1v) is 9.60. The number of fused-ring (bicyclic) bond motifs is 1. The number of rotatable bonds is 4. The minimum absolute atomic E-state index is 0.0999. The molecule has 0 unspecified atom stereocenters. The van der Waals surface area contributed by atoms with Crippen LogP contribution >= 0.6 is 0 Å². The van der Waals surface area contributed by atoms with Crippen LogP contribution in [0.15, 0.2) is 72.8 Å². The van der Waals surface area contributed by atoms with E-state index in [0.29, 0.717) is 5.56 Å². The van der Waals surface area contributed by atoms with E-state index in [0.717, 1.165) is 29.8 Å². The Morgan fingerprint density at radius 3 is 2.50 bits per heavy atom. The van der Waals surface area contributed by atoms with Gasteiger partial charge in [-0.05, 0) is 59.4 Å². The second kappa shape index (κ2) is 7.73. The predicted molar refractivity (Wildman–Crippen MR) is 118 cm³/mol. The molecule has 1 aliphatic carbocycles. The van der Waals surface area contributed by atoms with Gasteiger partial charge in [0.1, 0.15) is 0 Å². The molecule has 0 spiro atoms. The van der Waals surface area contributed by atoms with Crippen molar-refractivity contribution in [1.82, 2.24) is 0 Å². The fourth-order valence-corrected chi connectivity index (χ4v) is 3.71. The summed E-state index contributed by atoms with van der Waals surface area (Å²) in [5.41, 5.74) is 7.48. The Bertz CT molecular complexity index is 1030. The van der Waals surface area contributed by atoms with Crippen molar-refractivity contribution in [3.8, 4) is 11.1 Å². The third-order valence-corrected chi connectivity index (χ3v) is 5.15. The van der Waals surface area contributed by atoms with E-state index in [9.17, 15) is 4.79 Å². The van der Waals surface area contributed by atoms with Gasteiger partial charge in [-0.3, -0.25) is 4.79 Å². The second-order valence-corrected chi connectivity index (χ2v) is 7.26. The van der Waals surface area contributed by atoms with E-state index in [1.165, 1.54) is 16.7 Å². The molecule has 0 aromatic heterocycles. The van der Waals surface area contributed by atoms with Crippen LogP contribution in [0.5, 0.6) is 0 Å². The number of hydrogen-bond acceptors (Lipinski definition) is 2. The topological polar surface area (TPSA) is 32.3 Å². The number of nitrogens with one attached hydrogen (secondary N) is 1. The Morgan fingerprint density at radius 2 is 1.71 bits per heavy atom. The van der Waals surface area contributed by atoms with Gasteiger partial charge in [-0.1, -0.05) is 54.6 Å². The van der Waals surface area contributed by atoms with Crippen molar-refractivity contribution < 1.29 is 4.79 Å². The van der Waals surface area contributed by atoms with E-state index in [1.54, 1.807) is 0 Å². The van der Waals surface area contributed by atoms with Gasteiger partial charge in [0.05, 0.1) is 5.56 Å².